The van der Waals surface area contributed by atoms with Gasteiger partial charge in [-0.15, -0.1) is 0 Å². The lowest BCUT2D eigenvalue weighted by Crippen LogP contribution is -2.20. The number of fused-ring (bicyclic) bond motifs is 3. The fourth-order valence-corrected chi connectivity index (χ4v) is 3.73. The zero-order valence-corrected chi connectivity index (χ0v) is 14.7. The number of aryl methyl sites for hydroxylation is 2. The molecule has 1 aromatic carbocycles. The van der Waals surface area contributed by atoms with E-state index in [1.54, 1.807) is 12.4 Å². The van der Waals surface area contributed by atoms with Crippen molar-refractivity contribution in [2.24, 2.45) is 5.10 Å². The number of nitrogens with one attached hydrogen (secondary N) is 1. The lowest BCUT2D eigenvalue weighted by Gasteiger charge is -2.15. The second-order valence-electron chi connectivity index (χ2n) is 6.60. The van der Waals surface area contributed by atoms with E-state index >= 15 is 0 Å². The zero-order chi connectivity index (χ0) is 17.8. The second kappa shape index (κ2) is 7.52. The summed E-state index contributed by atoms with van der Waals surface area (Å²) in [5, 5.41) is 5.34. The molecule has 1 aliphatic carbocycles. The molecule has 1 N–H and O–H groups in total. The third kappa shape index (κ3) is 3.38. The van der Waals surface area contributed by atoms with Gasteiger partial charge in [-0.25, -0.2) is 5.43 Å². The van der Waals surface area contributed by atoms with Crippen LogP contribution in [0.2, 0.25) is 0 Å². The van der Waals surface area contributed by atoms with E-state index in [0.29, 0.717) is 13.0 Å². The number of pyridine rings is 1. The Hall–Kier alpha value is -2.95. The molecular formula is C21H22N4O. The van der Waals surface area contributed by atoms with E-state index in [2.05, 4.69) is 44.3 Å². The smallest absolute Gasteiger partial charge is 0.241 e. The number of para-hydroxylation sites is 1. The minimum Gasteiger partial charge on any atom is -0.344 e. The minimum atomic E-state index is -0.0838. The largest absolute Gasteiger partial charge is 0.344 e. The van der Waals surface area contributed by atoms with Crippen molar-refractivity contribution >= 4 is 23.0 Å². The Morgan fingerprint density at radius 2 is 2.00 bits per heavy atom. The maximum absolute atomic E-state index is 12.2. The normalized spacial score (nSPS) is 13.8. The van der Waals surface area contributed by atoms with E-state index in [1.165, 1.54) is 35.0 Å². The van der Waals surface area contributed by atoms with Crippen molar-refractivity contribution in [3.05, 3.63) is 65.6 Å². The quantitative estimate of drug-likeness (QED) is 0.568. The molecule has 0 spiro atoms. The highest BCUT2D eigenvalue weighted by molar-refractivity contribution is 5.86. The van der Waals surface area contributed by atoms with Crippen LogP contribution < -0.4 is 5.43 Å². The molecule has 0 saturated carbocycles. The number of hydrogen-bond donors (Lipinski definition) is 1. The number of hydrazone groups is 1. The zero-order valence-electron chi connectivity index (χ0n) is 14.7. The molecule has 2 heterocycles. The Kier molecular flexibility index (Phi) is 4.78. The Balaban J connectivity index is 1.45. The van der Waals surface area contributed by atoms with Crippen molar-refractivity contribution in [1.29, 1.82) is 0 Å². The van der Waals surface area contributed by atoms with Crippen LogP contribution in [-0.2, 0) is 24.2 Å². The first-order valence-corrected chi connectivity index (χ1v) is 9.15. The third-order valence-electron chi connectivity index (χ3n) is 4.92. The molecule has 0 unspecified atom stereocenters. The Bertz CT molecular complexity index is 943. The third-order valence-corrected chi connectivity index (χ3v) is 4.92. The van der Waals surface area contributed by atoms with Crippen molar-refractivity contribution in [1.82, 2.24) is 15.0 Å². The Morgan fingerprint density at radius 3 is 2.88 bits per heavy atom. The molecule has 4 rings (SSSR count). The molecule has 0 fully saturated rings. The summed E-state index contributed by atoms with van der Waals surface area (Å²) in [6.45, 7) is 0.681. The standard InChI is InChI=1S/C21H22N4O/c26-21(24-23-15-16-7-5-6-13-22-16)12-14-25-19-10-3-1-8-17(19)18-9-2-4-11-20(18)25/h1,3,5-8,10,13,15H,2,4,9,11-12,14H2,(H,24,26). The number of rotatable bonds is 5. The van der Waals surface area contributed by atoms with E-state index in [0.717, 1.165) is 18.5 Å². The van der Waals surface area contributed by atoms with Gasteiger partial charge in [0.25, 0.3) is 0 Å². The number of carbonyl (C=O) groups is 1. The number of benzene rings is 1. The van der Waals surface area contributed by atoms with E-state index in [4.69, 9.17) is 0 Å². The first-order chi connectivity index (χ1) is 12.8. The van der Waals surface area contributed by atoms with Gasteiger partial charge < -0.3 is 4.57 Å². The summed E-state index contributed by atoms with van der Waals surface area (Å²) in [5.74, 6) is -0.0838. The van der Waals surface area contributed by atoms with Gasteiger partial charge in [0.15, 0.2) is 0 Å². The number of aromatic nitrogens is 2. The molecule has 3 aromatic rings. The lowest BCUT2D eigenvalue weighted by molar-refractivity contribution is -0.121. The Labute approximate surface area is 152 Å². The number of carbonyl (C=O) groups excluding carboxylic acids is 1. The summed E-state index contributed by atoms with van der Waals surface area (Å²) in [7, 11) is 0. The van der Waals surface area contributed by atoms with Crippen molar-refractivity contribution in [2.45, 2.75) is 38.6 Å². The topological polar surface area (TPSA) is 59.3 Å². The van der Waals surface area contributed by atoms with Gasteiger partial charge in [0.05, 0.1) is 11.9 Å². The maximum atomic E-state index is 12.2. The van der Waals surface area contributed by atoms with E-state index < -0.39 is 0 Å². The van der Waals surface area contributed by atoms with Crippen LogP contribution in [0.15, 0.2) is 53.8 Å². The summed E-state index contributed by atoms with van der Waals surface area (Å²) in [6, 6.07) is 14.1. The summed E-state index contributed by atoms with van der Waals surface area (Å²) in [6.07, 6.45) is 8.39. The molecule has 0 bridgehead atoms. The molecule has 0 radical (unpaired) electrons. The average Bonchev–Trinajstić information content (AvgIpc) is 3.01. The highest BCUT2D eigenvalue weighted by Gasteiger charge is 2.19. The molecule has 0 atom stereocenters. The van der Waals surface area contributed by atoms with Gasteiger partial charge in [-0.05, 0) is 49.4 Å². The number of hydrogen-bond acceptors (Lipinski definition) is 3. The van der Waals surface area contributed by atoms with E-state index in [-0.39, 0.29) is 5.91 Å². The van der Waals surface area contributed by atoms with Crippen LogP contribution in [0.4, 0.5) is 0 Å². The lowest BCUT2D eigenvalue weighted by atomic mass is 9.95. The van der Waals surface area contributed by atoms with E-state index in [1.807, 2.05) is 18.2 Å². The minimum absolute atomic E-state index is 0.0838. The molecule has 0 saturated heterocycles. The van der Waals surface area contributed by atoms with Gasteiger partial charge in [0, 0.05) is 35.8 Å². The van der Waals surface area contributed by atoms with Gasteiger partial charge in [0.1, 0.15) is 0 Å². The fourth-order valence-electron chi connectivity index (χ4n) is 3.73. The highest BCUT2D eigenvalue weighted by atomic mass is 16.2. The van der Waals surface area contributed by atoms with Gasteiger partial charge in [-0.3, -0.25) is 9.78 Å². The van der Waals surface area contributed by atoms with Crippen molar-refractivity contribution in [3.8, 4) is 0 Å². The molecule has 2 aromatic heterocycles. The van der Waals surface area contributed by atoms with Gasteiger partial charge in [0.2, 0.25) is 5.91 Å². The van der Waals surface area contributed by atoms with Crippen LogP contribution in [0, 0.1) is 0 Å². The summed E-state index contributed by atoms with van der Waals surface area (Å²) in [5.41, 5.74) is 7.44. The van der Waals surface area contributed by atoms with E-state index in [9.17, 15) is 4.79 Å². The Morgan fingerprint density at radius 1 is 1.15 bits per heavy atom. The summed E-state index contributed by atoms with van der Waals surface area (Å²) in [4.78, 5) is 16.3. The van der Waals surface area contributed by atoms with Gasteiger partial charge in [-0.2, -0.15) is 5.10 Å². The molecular weight excluding hydrogens is 324 g/mol. The van der Waals surface area contributed by atoms with Crippen LogP contribution in [0.25, 0.3) is 10.9 Å². The molecule has 1 aliphatic rings. The molecule has 5 heteroatoms. The van der Waals surface area contributed by atoms with Crippen LogP contribution in [-0.4, -0.2) is 21.7 Å². The molecule has 0 aliphatic heterocycles. The van der Waals surface area contributed by atoms with Gasteiger partial charge in [-0.1, -0.05) is 24.3 Å². The number of nitrogens with zero attached hydrogens (tertiary/aromatic N) is 3. The SMILES string of the molecule is O=C(CCn1c2c(c3ccccc31)CCCC2)NN=Cc1ccccn1. The predicted octanol–water partition coefficient (Wildman–Crippen LogP) is 3.46. The molecule has 132 valence electrons. The first-order valence-electron chi connectivity index (χ1n) is 9.15. The molecule has 26 heavy (non-hydrogen) atoms. The maximum Gasteiger partial charge on any atom is 0.241 e. The van der Waals surface area contributed by atoms with Crippen LogP contribution in [0.3, 0.4) is 0 Å². The molecule has 5 nitrogen and oxygen atoms in total. The van der Waals surface area contributed by atoms with Crippen molar-refractivity contribution in [3.63, 3.8) is 0 Å². The first kappa shape index (κ1) is 16.5. The van der Waals surface area contributed by atoms with Crippen molar-refractivity contribution < 1.29 is 4.79 Å². The second-order valence-corrected chi connectivity index (χ2v) is 6.60. The summed E-state index contributed by atoms with van der Waals surface area (Å²) >= 11 is 0. The van der Waals surface area contributed by atoms with Crippen molar-refractivity contribution in [2.75, 3.05) is 0 Å². The summed E-state index contributed by atoms with van der Waals surface area (Å²) < 4.78 is 2.33. The van der Waals surface area contributed by atoms with Crippen LogP contribution >= 0.6 is 0 Å². The predicted molar refractivity (Wildman–Crippen MR) is 103 cm³/mol. The van der Waals surface area contributed by atoms with Crippen LogP contribution in [0.1, 0.15) is 36.2 Å². The molecule has 1 amide bonds. The van der Waals surface area contributed by atoms with Gasteiger partial charge >= 0.3 is 0 Å². The number of amides is 1. The average molecular weight is 346 g/mol. The highest BCUT2D eigenvalue weighted by Crippen LogP contribution is 2.32. The monoisotopic (exact) mass is 346 g/mol. The van der Waals surface area contributed by atoms with Crippen LogP contribution in [0.5, 0.6) is 0 Å². The fraction of sp³-hybridized carbons (Fsp3) is 0.286.